The van der Waals surface area contributed by atoms with Crippen LogP contribution in [0.4, 0.5) is 4.79 Å². The van der Waals surface area contributed by atoms with Crippen LogP contribution in [0, 0.1) is 11.3 Å². The van der Waals surface area contributed by atoms with Gasteiger partial charge in [-0.3, -0.25) is 0 Å². The zero-order valence-electron chi connectivity index (χ0n) is 12.7. The lowest BCUT2D eigenvalue weighted by Crippen LogP contribution is -2.57. The maximum Gasteiger partial charge on any atom is 0.326 e. The molecule has 1 saturated heterocycles. The minimum Gasteiger partial charge on any atom is -0.480 e. The molecule has 2 fully saturated rings. The van der Waals surface area contributed by atoms with Crippen molar-refractivity contribution >= 4 is 12.0 Å². The van der Waals surface area contributed by atoms with Crippen LogP contribution in [0.15, 0.2) is 0 Å². The molecular formula is C15H26N2O3. The number of likely N-dealkylation sites (tertiary alicyclic amines) is 1. The lowest BCUT2D eigenvalue weighted by molar-refractivity contribution is -0.142. The zero-order valence-corrected chi connectivity index (χ0v) is 12.7. The summed E-state index contributed by atoms with van der Waals surface area (Å²) in [5, 5.41) is 12.0. The van der Waals surface area contributed by atoms with Crippen LogP contribution in [0.2, 0.25) is 0 Å². The number of urea groups is 1. The number of carboxylic acids is 1. The van der Waals surface area contributed by atoms with Gasteiger partial charge in [0.25, 0.3) is 0 Å². The summed E-state index contributed by atoms with van der Waals surface area (Å²) in [5.74, 6) is -0.349. The SMILES string of the molecule is CC(C)(C)C(NC(=O)N1CCCC2CCCC21)C(=O)O. The number of nitrogens with one attached hydrogen (secondary N) is 1. The highest BCUT2D eigenvalue weighted by molar-refractivity contribution is 5.83. The van der Waals surface area contributed by atoms with E-state index in [2.05, 4.69) is 5.32 Å². The Hall–Kier alpha value is -1.26. The van der Waals surface area contributed by atoms with Crippen molar-refractivity contribution in [1.82, 2.24) is 10.2 Å². The first-order chi connectivity index (χ1) is 9.30. The molecule has 3 unspecified atom stereocenters. The van der Waals surface area contributed by atoms with Gasteiger partial charge in [-0.15, -0.1) is 0 Å². The van der Waals surface area contributed by atoms with Crippen LogP contribution >= 0.6 is 0 Å². The monoisotopic (exact) mass is 282 g/mol. The first-order valence-corrected chi connectivity index (χ1v) is 7.60. The number of rotatable bonds is 2. The standard InChI is InChI=1S/C15H26N2O3/c1-15(2,3)12(13(18)19)16-14(20)17-9-5-7-10-6-4-8-11(10)17/h10-12H,4-9H2,1-3H3,(H,16,20)(H,18,19). The van der Waals surface area contributed by atoms with Crippen LogP contribution in [0.3, 0.4) is 0 Å². The van der Waals surface area contributed by atoms with E-state index in [9.17, 15) is 14.7 Å². The van der Waals surface area contributed by atoms with Gasteiger partial charge in [0.2, 0.25) is 0 Å². The molecule has 1 saturated carbocycles. The second-order valence-electron chi connectivity index (χ2n) is 7.18. The predicted molar refractivity (Wildman–Crippen MR) is 76.5 cm³/mol. The number of amides is 2. The minimum absolute atomic E-state index is 0.205. The molecule has 1 aliphatic carbocycles. The fraction of sp³-hybridized carbons (Fsp3) is 0.867. The Labute approximate surface area is 120 Å². The van der Waals surface area contributed by atoms with Crippen LogP contribution in [0.5, 0.6) is 0 Å². The van der Waals surface area contributed by atoms with Crippen molar-refractivity contribution in [2.24, 2.45) is 11.3 Å². The number of aliphatic carboxylic acids is 1. The lowest BCUT2D eigenvalue weighted by Gasteiger charge is -2.39. The molecule has 2 rings (SSSR count). The van der Waals surface area contributed by atoms with Crippen LogP contribution in [0.25, 0.3) is 0 Å². The van der Waals surface area contributed by atoms with E-state index in [1.807, 2.05) is 25.7 Å². The second kappa shape index (κ2) is 5.62. The van der Waals surface area contributed by atoms with Crippen molar-refractivity contribution in [2.45, 2.75) is 65.0 Å². The number of nitrogens with zero attached hydrogens (tertiary/aromatic N) is 1. The topological polar surface area (TPSA) is 69.6 Å². The number of piperidine rings is 1. The fourth-order valence-corrected chi connectivity index (χ4v) is 3.56. The van der Waals surface area contributed by atoms with Gasteiger partial charge in [0.05, 0.1) is 0 Å². The molecule has 0 bridgehead atoms. The van der Waals surface area contributed by atoms with Crippen LogP contribution < -0.4 is 5.32 Å². The van der Waals surface area contributed by atoms with Gasteiger partial charge in [-0.2, -0.15) is 0 Å². The molecule has 0 aromatic heterocycles. The van der Waals surface area contributed by atoms with Gasteiger partial charge in [-0.1, -0.05) is 27.2 Å². The van der Waals surface area contributed by atoms with E-state index in [0.29, 0.717) is 12.0 Å². The van der Waals surface area contributed by atoms with Gasteiger partial charge >= 0.3 is 12.0 Å². The summed E-state index contributed by atoms with van der Waals surface area (Å²) in [6.07, 6.45) is 5.68. The van der Waals surface area contributed by atoms with E-state index >= 15 is 0 Å². The maximum absolute atomic E-state index is 12.5. The van der Waals surface area contributed by atoms with Crippen molar-refractivity contribution in [2.75, 3.05) is 6.54 Å². The molecule has 0 aromatic rings. The maximum atomic E-state index is 12.5. The molecule has 20 heavy (non-hydrogen) atoms. The van der Waals surface area contributed by atoms with Gasteiger partial charge < -0.3 is 15.3 Å². The van der Waals surface area contributed by atoms with Gasteiger partial charge in [0.15, 0.2) is 0 Å². The van der Waals surface area contributed by atoms with Crippen molar-refractivity contribution < 1.29 is 14.7 Å². The Bertz CT molecular complexity index is 389. The smallest absolute Gasteiger partial charge is 0.326 e. The van der Waals surface area contributed by atoms with Crippen molar-refractivity contribution in [3.05, 3.63) is 0 Å². The molecule has 0 aromatic carbocycles. The number of carboxylic acid groups (broad SMARTS) is 1. The van der Waals surface area contributed by atoms with Crippen LogP contribution in [-0.4, -0.2) is 40.6 Å². The molecule has 0 radical (unpaired) electrons. The predicted octanol–water partition coefficient (Wildman–Crippen LogP) is 2.46. The number of fused-ring (bicyclic) bond motifs is 1. The van der Waals surface area contributed by atoms with E-state index in [0.717, 1.165) is 19.4 Å². The second-order valence-corrected chi connectivity index (χ2v) is 7.18. The average molecular weight is 282 g/mol. The molecule has 2 amide bonds. The number of carbonyl (C=O) groups excluding carboxylic acids is 1. The molecular weight excluding hydrogens is 256 g/mol. The van der Waals surface area contributed by atoms with E-state index in [1.165, 1.54) is 19.3 Å². The van der Waals surface area contributed by atoms with Crippen molar-refractivity contribution in [3.8, 4) is 0 Å². The summed E-state index contributed by atoms with van der Waals surface area (Å²) in [6, 6.07) is -0.737. The Morgan fingerprint density at radius 1 is 1.20 bits per heavy atom. The molecule has 2 aliphatic rings. The highest BCUT2D eigenvalue weighted by Crippen LogP contribution is 2.36. The van der Waals surface area contributed by atoms with Gasteiger partial charge in [0, 0.05) is 12.6 Å². The third-order valence-corrected chi connectivity index (χ3v) is 4.63. The summed E-state index contributed by atoms with van der Waals surface area (Å²) in [5.41, 5.74) is -0.494. The normalized spacial score (nSPS) is 27.9. The first kappa shape index (κ1) is 15.1. The van der Waals surface area contributed by atoms with Gasteiger partial charge in [0.1, 0.15) is 6.04 Å². The molecule has 5 nitrogen and oxygen atoms in total. The quantitative estimate of drug-likeness (QED) is 0.817. The van der Waals surface area contributed by atoms with E-state index in [1.54, 1.807) is 0 Å². The summed E-state index contributed by atoms with van der Waals surface area (Å²) < 4.78 is 0. The Balaban J connectivity index is 2.05. The van der Waals surface area contributed by atoms with Gasteiger partial charge in [-0.25, -0.2) is 9.59 Å². The first-order valence-electron chi connectivity index (χ1n) is 7.60. The van der Waals surface area contributed by atoms with E-state index in [-0.39, 0.29) is 6.03 Å². The number of hydrogen-bond acceptors (Lipinski definition) is 2. The Morgan fingerprint density at radius 2 is 1.85 bits per heavy atom. The Morgan fingerprint density at radius 3 is 2.45 bits per heavy atom. The Kier molecular flexibility index (Phi) is 4.25. The molecule has 114 valence electrons. The average Bonchev–Trinajstić information content (AvgIpc) is 2.81. The van der Waals surface area contributed by atoms with Crippen molar-refractivity contribution in [1.29, 1.82) is 0 Å². The summed E-state index contributed by atoms with van der Waals surface area (Å²) in [7, 11) is 0. The molecule has 2 N–H and O–H groups in total. The molecule has 0 spiro atoms. The summed E-state index contributed by atoms with van der Waals surface area (Å²) >= 11 is 0. The lowest BCUT2D eigenvalue weighted by atomic mass is 9.86. The van der Waals surface area contributed by atoms with Crippen LogP contribution in [0.1, 0.15) is 52.9 Å². The summed E-state index contributed by atoms with van der Waals surface area (Å²) in [4.78, 5) is 25.7. The van der Waals surface area contributed by atoms with Crippen molar-refractivity contribution in [3.63, 3.8) is 0 Å². The molecule has 1 aliphatic heterocycles. The third-order valence-electron chi connectivity index (χ3n) is 4.63. The fourth-order valence-electron chi connectivity index (χ4n) is 3.56. The largest absolute Gasteiger partial charge is 0.480 e. The molecule has 3 atom stereocenters. The van der Waals surface area contributed by atoms with E-state index < -0.39 is 17.4 Å². The number of hydrogen-bond donors (Lipinski definition) is 2. The van der Waals surface area contributed by atoms with E-state index in [4.69, 9.17) is 0 Å². The zero-order chi connectivity index (χ0) is 14.9. The number of carbonyl (C=O) groups is 2. The minimum atomic E-state index is -0.967. The van der Waals surface area contributed by atoms with Gasteiger partial charge in [-0.05, 0) is 37.0 Å². The molecule has 5 heteroatoms. The third kappa shape index (κ3) is 3.07. The highest BCUT2D eigenvalue weighted by Gasteiger charge is 2.40. The summed E-state index contributed by atoms with van der Waals surface area (Å²) in [6.45, 7) is 6.26. The highest BCUT2D eigenvalue weighted by atomic mass is 16.4. The van der Waals surface area contributed by atoms with Crippen LogP contribution in [-0.2, 0) is 4.79 Å². The molecule has 1 heterocycles.